The Bertz CT molecular complexity index is 1560. The quantitative estimate of drug-likeness (QED) is 0.260. The number of ether oxygens (including phenoxy) is 3. The van der Waals surface area contributed by atoms with Crippen LogP contribution in [0.1, 0.15) is 46.1 Å². The van der Waals surface area contributed by atoms with Gasteiger partial charge in [-0.2, -0.15) is 0 Å². The molecule has 1 aromatic rings. The van der Waals surface area contributed by atoms with Gasteiger partial charge in [-0.25, -0.2) is 13.6 Å². The summed E-state index contributed by atoms with van der Waals surface area (Å²) in [7, 11) is 2.85. The zero-order valence-electron chi connectivity index (χ0n) is 27.8. The van der Waals surface area contributed by atoms with E-state index in [0.29, 0.717) is 11.1 Å². The number of Topliss-reactive ketones (excluding diaryl/α,β-unsaturated/α-hetero) is 1. The average molecular weight is 672 g/mol. The Morgan fingerprint density at radius 1 is 1.10 bits per heavy atom. The van der Waals surface area contributed by atoms with E-state index in [9.17, 15) is 33.1 Å². The number of aliphatic hydroxyl groups excluding tert-OH is 1. The number of nitrogens with two attached hydrogens (primary N) is 1. The number of amides is 2. The Balaban J connectivity index is 2.06. The molecule has 0 spiro atoms. The van der Waals surface area contributed by atoms with E-state index in [1.807, 2.05) is 6.92 Å². The fourth-order valence-electron chi connectivity index (χ4n) is 5.62. The molecule has 6 atom stereocenters. The third-order valence-electron chi connectivity index (χ3n) is 8.25. The van der Waals surface area contributed by atoms with Crippen LogP contribution in [0.3, 0.4) is 0 Å². The molecule has 5 N–H and O–H groups in total. The summed E-state index contributed by atoms with van der Waals surface area (Å²) in [5.41, 5.74) is 6.21. The Kier molecular flexibility index (Phi) is 13.5. The Morgan fingerprint density at radius 2 is 1.81 bits per heavy atom. The lowest BCUT2D eigenvalue weighted by Gasteiger charge is -2.30. The first-order valence-corrected chi connectivity index (χ1v) is 15.4. The second kappa shape index (κ2) is 17.1. The Hall–Kier alpha value is -4.46. The summed E-state index contributed by atoms with van der Waals surface area (Å²) < 4.78 is 43.9. The summed E-state index contributed by atoms with van der Waals surface area (Å²) in [5, 5.41) is 16.7. The van der Waals surface area contributed by atoms with Gasteiger partial charge in [0.15, 0.2) is 17.7 Å². The largest absolute Gasteiger partial charge is 0.439 e. The predicted molar refractivity (Wildman–Crippen MR) is 173 cm³/mol. The third kappa shape index (κ3) is 9.78. The van der Waals surface area contributed by atoms with Crippen molar-refractivity contribution in [3.63, 3.8) is 0 Å². The van der Waals surface area contributed by atoms with Gasteiger partial charge >= 0.3 is 6.09 Å². The molecule has 1 heterocycles. The van der Waals surface area contributed by atoms with E-state index in [2.05, 4.69) is 10.6 Å². The van der Waals surface area contributed by atoms with Crippen LogP contribution in [0.25, 0.3) is 0 Å². The number of allylic oxidation sites excluding steroid dienone is 4. The summed E-state index contributed by atoms with van der Waals surface area (Å²) in [4.78, 5) is 52.1. The highest BCUT2D eigenvalue weighted by atomic mass is 19.2. The molecule has 11 nitrogen and oxygen atoms in total. The van der Waals surface area contributed by atoms with Crippen molar-refractivity contribution in [1.29, 1.82) is 0 Å². The molecule has 0 radical (unpaired) electrons. The molecule has 3 rings (SSSR count). The van der Waals surface area contributed by atoms with Gasteiger partial charge in [-0.05, 0) is 55.9 Å². The number of benzene rings is 1. The van der Waals surface area contributed by atoms with Gasteiger partial charge in [-0.15, -0.1) is 0 Å². The summed E-state index contributed by atoms with van der Waals surface area (Å²) in [6.45, 7) is 6.71. The van der Waals surface area contributed by atoms with Crippen molar-refractivity contribution in [2.24, 2.45) is 17.6 Å². The molecular formula is C35H43F2N3O8. The zero-order chi connectivity index (χ0) is 35.7. The molecule has 1 aliphatic carbocycles. The first-order chi connectivity index (χ1) is 22.7. The standard InChI is InChI=1S/C35H43F2N3O8/c1-18-12-23-30(39-17-22-10-11-24(36)25(37)15-22)27(41)16-26(32(23)43)40-34(44)19(2)8-7-9-28(46-5)33(48-35(38)45)21(4)14-20(3)31(42)29(13-18)47-6/h7-11,14-16,18,20,28-29,31,33,39,42H,12-13,17H2,1-6H3,(H2,38,45)(H,40,44)/b9-7-,19-8+,21-14+/t18-,20+,28+,29+,31-,33+/m1/s1. The van der Waals surface area contributed by atoms with Crippen molar-refractivity contribution >= 4 is 23.6 Å². The smallest absolute Gasteiger partial charge is 0.405 e. The molecule has 0 aromatic heterocycles. The number of hydrogen-bond donors (Lipinski definition) is 4. The minimum atomic E-state index is -1.06. The molecule has 2 amide bonds. The van der Waals surface area contributed by atoms with Gasteiger partial charge in [0.1, 0.15) is 6.10 Å². The molecule has 48 heavy (non-hydrogen) atoms. The van der Waals surface area contributed by atoms with Crippen LogP contribution in [0.4, 0.5) is 13.6 Å². The highest BCUT2D eigenvalue weighted by Gasteiger charge is 2.33. The normalized spacial score (nSPS) is 29.2. The molecule has 0 saturated heterocycles. The molecule has 0 fully saturated rings. The second-order valence-electron chi connectivity index (χ2n) is 12.0. The predicted octanol–water partition coefficient (Wildman–Crippen LogP) is 3.83. The lowest BCUT2D eigenvalue weighted by Crippen LogP contribution is -2.37. The van der Waals surface area contributed by atoms with Crippen molar-refractivity contribution in [2.45, 2.75) is 71.5 Å². The number of hydrogen-bond acceptors (Lipinski definition) is 9. The number of ketones is 2. The Labute approximate surface area is 278 Å². The van der Waals surface area contributed by atoms with E-state index in [1.165, 1.54) is 39.4 Å². The number of aliphatic hydroxyl groups is 1. The van der Waals surface area contributed by atoms with Crippen molar-refractivity contribution in [1.82, 2.24) is 10.6 Å². The average Bonchev–Trinajstić information content (AvgIpc) is 3.03. The molecular weight excluding hydrogens is 628 g/mol. The van der Waals surface area contributed by atoms with Crippen LogP contribution in [0, 0.1) is 23.5 Å². The van der Waals surface area contributed by atoms with Gasteiger partial charge in [-0.3, -0.25) is 14.4 Å². The molecule has 1 aliphatic heterocycles. The van der Waals surface area contributed by atoms with Gasteiger partial charge < -0.3 is 35.7 Å². The van der Waals surface area contributed by atoms with Crippen LogP contribution in [-0.2, 0) is 35.1 Å². The first kappa shape index (κ1) is 38.0. The monoisotopic (exact) mass is 671 g/mol. The minimum Gasteiger partial charge on any atom is -0.439 e. The maximum atomic E-state index is 13.8. The van der Waals surface area contributed by atoms with E-state index in [1.54, 1.807) is 26.0 Å². The van der Waals surface area contributed by atoms with Gasteiger partial charge in [-0.1, -0.05) is 44.2 Å². The van der Waals surface area contributed by atoms with E-state index in [4.69, 9.17) is 19.9 Å². The van der Waals surface area contributed by atoms with Gasteiger partial charge in [0.2, 0.25) is 11.6 Å². The molecule has 260 valence electrons. The van der Waals surface area contributed by atoms with Crippen molar-refractivity contribution in [3.05, 3.63) is 93.9 Å². The van der Waals surface area contributed by atoms with E-state index in [0.717, 1.165) is 18.2 Å². The summed E-state index contributed by atoms with van der Waals surface area (Å²) in [5.74, 6) is -4.76. The SMILES string of the molecule is CO[C@H]1/C=C\C=C(/C)C(=O)NC2=CC(=O)C(NCc3ccc(F)c(F)c3)=C(C[C@@H](C)C[C@H](OC)[C@H](O)[C@@H](C)/C=C(\C)[C@@H]1OC(N)=O)C2=O. The van der Waals surface area contributed by atoms with Crippen molar-refractivity contribution < 1.29 is 47.3 Å². The summed E-state index contributed by atoms with van der Waals surface area (Å²) in [6.07, 6.45) is 2.99. The van der Waals surface area contributed by atoms with Crippen LogP contribution in [0.2, 0.25) is 0 Å². The second-order valence-corrected chi connectivity index (χ2v) is 12.0. The molecule has 2 bridgehead atoms. The number of nitrogens with one attached hydrogen (secondary N) is 2. The minimum absolute atomic E-state index is 0.0387. The van der Waals surface area contributed by atoms with Crippen LogP contribution in [-0.4, -0.2) is 67.3 Å². The number of fused-ring (bicyclic) bond motifs is 2. The lowest BCUT2D eigenvalue weighted by atomic mass is 9.85. The molecule has 1 aromatic carbocycles. The maximum absolute atomic E-state index is 13.8. The van der Waals surface area contributed by atoms with Gasteiger partial charge in [0, 0.05) is 43.9 Å². The highest BCUT2D eigenvalue weighted by molar-refractivity contribution is 6.23. The highest BCUT2D eigenvalue weighted by Crippen LogP contribution is 2.29. The number of halogens is 2. The number of rotatable bonds is 6. The number of carbonyl (C=O) groups excluding carboxylic acids is 4. The van der Waals surface area contributed by atoms with Crippen LogP contribution in [0.5, 0.6) is 0 Å². The third-order valence-corrected chi connectivity index (χ3v) is 8.25. The van der Waals surface area contributed by atoms with E-state index >= 15 is 0 Å². The fraction of sp³-hybridized carbons (Fsp3) is 0.429. The number of primary amides is 1. The molecule has 0 saturated carbocycles. The lowest BCUT2D eigenvalue weighted by molar-refractivity contribution is -0.120. The molecule has 13 heteroatoms. The van der Waals surface area contributed by atoms with E-state index < -0.39 is 65.5 Å². The summed E-state index contributed by atoms with van der Waals surface area (Å²) >= 11 is 0. The Morgan fingerprint density at radius 3 is 2.44 bits per heavy atom. The maximum Gasteiger partial charge on any atom is 0.405 e. The van der Waals surface area contributed by atoms with Crippen LogP contribution >= 0.6 is 0 Å². The number of carbonyl (C=O) groups is 4. The van der Waals surface area contributed by atoms with Crippen LogP contribution < -0.4 is 16.4 Å². The zero-order valence-corrected chi connectivity index (χ0v) is 27.8. The first-order valence-electron chi connectivity index (χ1n) is 15.4. The van der Waals surface area contributed by atoms with Gasteiger partial charge in [0.05, 0.1) is 23.6 Å². The van der Waals surface area contributed by atoms with Gasteiger partial charge in [0.25, 0.3) is 5.91 Å². The molecule has 0 unspecified atom stereocenters. The van der Waals surface area contributed by atoms with E-state index in [-0.39, 0.29) is 47.8 Å². The van der Waals surface area contributed by atoms with Crippen molar-refractivity contribution in [2.75, 3.05) is 14.2 Å². The summed E-state index contributed by atoms with van der Waals surface area (Å²) in [6, 6.07) is 3.30. The van der Waals surface area contributed by atoms with Crippen LogP contribution in [0.15, 0.2) is 76.7 Å². The molecule has 2 aliphatic rings. The topological polar surface area (TPSA) is 166 Å². The fourth-order valence-corrected chi connectivity index (χ4v) is 5.62. The number of methoxy groups -OCH3 is 2. The van der Waals surface area contributed by atoms with Crippen molar-refractivity contribution in [3.8, 4) is 0 Å².